The Morgan fingerprint density at radius 1 is 1.24 bits per heavy atom. The van der Waals surface area contributed by atoms with Crippen molar-refractivity contribution in [1.82, 2.24) is 10.2 Å². The zero-order valence-corrected chi connectivity index (χ0v) is 17.7. The lowest BCUT2D eigenvalue weighted by Crippen LogP contribution is -2.53. The first kappa shape index (κ1) is 19.6. The van der Waals surface area contributed by atoms with Crippen LogP contribution in [0.5, 0.6) is 0 Å². The second-order valence-electron chi connectivity index (χ2n) is 7.11. The number of nitrogens with zero attached hydrogens (tertiary/aromatic N) is 2. The Balaban J connectivity index is 1.69. The normalized spacial score (nSPS) is 21.1. The molecule has 0 spiro atoms. The van der Waals surface area contributed by atoms with Gasteiger partial charge in [0.05, 0.1) is 6.61 Å². The minimum absolute atomic E-state index is 0.216. The molecule has 2 atom stereocenters. The summed E-state index contributed by atoms with van der Waals surface area (Å²) in [4.78, 5) is 32.4. The van der Waals surface area contributed by atoms with Crippen LogP contribution < -0.4 is 5.32 Å². The maximum Gasteiger partial charge on any atom is 0.321 e. The summed E-state index contributed by atoms with van der Waals surface area (Å²) in [5, 5.41) is 2.85. The van der Waals surface area contributed by atoms with Gasteiger partial charge in [-0.2, -0.15) is 0 Å². The molecule has 150 valence electrons. The van der Waals surface area contributed by atoms with Crippen LogP contribution in [-0.4, -0.2) is 35.9 Å². The Kier molecular flexibility index (Phi) is 5.67. The number of carbonyl (C=O) groups excluding carboxylic acids is 2. The predicted molar refractivity (Wildman–Crippen MR) is 113 cm³/mol. The van der Waals surface area contributed by atoms with Crippen LogP contribution in [0.15, 0.2) is 58.0 Å². The quantitative estimate of drug-likeness (QED) is 0.569. The van der Waals surface area contributed by atoms with Gasteiger partial charge >= 0.3 is 5.97 Å². The standard InChI is InChI=1S/C22H22BrN3O3/c1-2-29-21(28)18-19(15-8-5-9-17(23)12-15)24-22(25-20(18)27)26-11-10-14-6-3-4-7-16(14)13-26/h3-9,12,18-19H,2,10-11,13H2,1H3,(H,24,25,27)/t18-,19-/m1/s1. The third kappa shape index (κ3) is 4.05. The summed E-state index contributed by atoms with van der Waals surface area (Å²) in [6.45, 7) is 3.37. The topological polar surface area (TPSA) is 71.0 Å². The van der Waals surface area contributed by atoms with E-state index in [1.165, 1.54) is 11.1 Å². The van der Waals surface area contributed by atoms with Gasteiger partial charge in [0.1, 0.15) is 6.04 Å². The van der Waals surface area contributed by atoms with Gasteiger partial charge in [-0.25, -0.2) is 4.99 Å². The Hall–Kier alpha value is -2.67. The SMILES string of the molecule is CCOC(=O)[C@H]1C(=O)NC(N2CCc3ccccc3C2)=N[C@@H]1c1cccc(Br)c1. The number of rotatable bonds is 3. The van der Waals surface area contributed by atoms with Gasteiger partial charge in [-0.3, -0.25) is 14.9 Å². The van der Waals surface area contributed by atoms with E-state index < -0.39 is 17.9 Å². The van der Waals surface area contributed by atoms with Crippen LogP contribution in [0.4, 0.5) is 0 Å². The Bertz CT molecular complexity index is 975. The van der Waals surface area contributed by atoms with Gasteiger partial charge in [0.2, 0.25) is 11.9 Å². The molecule has 4 rings (SSSR count). The van der Waals surface area contributed by atoms with E-state index >= 15 is 0 Å². The number of aliphatic imine (C=N–C) groups is 1. The van der Waals surface area contributed by atoms with Crippen molar-refractivity contribution in [3.05, 3.63) is 69.7 Å². The van der Waals surface area contributed by atoms with Crippen LogP contribution in [0, 0.1) is 5.92 Å². The summed E-state index contributed by atoms with van der Waals surface area (Å²) in [6.07, 6.45) is 0.883. The van der Waals surface area contributed by atoms with E-state index in [0.717, 1.165) is 23.0 Å². The van der Waals surface area contributed by atoms with Crippen molar-refractivity contribution in [2.45, 2.75) is 25.9 Å². The Morgan fingerprint density at radius 3 is 2.79 bits per heavy atom. The molecular weight excluding hydrogens is 434 g/mol. The summed E-state index contributed by atoms with van der Waals surface area (Å²) in [5.74, 6) is -1.43. The van der Waals surface area contributed by atoms with Gasteiger partial charge < -0.3 is 9.64 Å². The summed E-state index contributed by atoms with van der Waals surface area (Å²) in [6, 6.07) is 15.2. The van der Waals surface area contributed by atoms with Crippen molar-refractivity contribution in [3.8, 4) is 0 Å². The van der Waals surface area contributed by atoms with E-state index in [1.54, 1.807) is 6.92 Å². The van der Waals surface area contributed by atoms with E-state index in [4.69, 9.17) is 9.73 Å². The summed E-state index contributed by atoms with van der Waals surface area (Å²) in [5.41, 5.74) is 3.34. The molecule has 2 aromatic rings. The third-order valence-electron chi connectivity index (χ3n) is 5.26. The van der Waals surface area contributed by atoms with E-state index in [0.29, 0.717) is 12.5 Å². The number of esters is 1. The highest BCUT2D eigenvalue weighted by Crippen LogP contribution is 2.33. The molecule has 1 amide bonds. The summed E-state index contributed by atoms with van der Waals surface area (Å²) in [7, 11) is 0. The maximum absolute atomic E-state index is 12.9. The van der Waals surface area contributed by atoms with Crippen LogP contribution in [0.2, 0.25) is 0 Å². The van der Waals surface area contributed by atoms with E-state index in [2.05, 4.69) is 38.3 Å². The molecule has 1 N–H and O–H groups in total. The second kappa shape index (κ2) is 8.37. The fraction of sp³-hybridized carbons (Fsp3) is 0.318. The number of benzene rings is 2. The number of guanidine groups is 1. The number of hydrogen-bond donors (Lipinski definition) is 1. The van der Waals surface area contributed by atoms with E-state index in [-0.39, 0.29) is 12.5 Å². The van der Waals surface area contributed by atoms with Crippen molar-refractivity contribution in [2.24, 2.45) is 10.9 Å². The highest BCUT2D eigenvalue weighted by Gasteiger charge is 2.42. The molecule has 0 saturated carbocycles. The minimum atomic E-state index is -1.01. The van der Waals surface area contributed by atoms with Crippen molar-refractivity contribution < 1.29 is 14.3 Å². The average molecular weight is 456 g/mol. The van der Waals surface area contributed by atoms with E-state index in [1.807, 2.05) is 36.4 Å². The first-order valence-corrected chi connectivity index (χ1v) is 10.5. The fourth-order valence-corrected chi connectivity index (χ4v) is 4.25. The van der Waals surface area contributed by atoms with Crippen LogP contribution in [0.3, 0.4) is 0 Å². The number of halogens is 1. The molecule has 29 heavy (non-hydrogen) atoms. The maximum atomic E-state index is 12.9. The number of amides is 1. The Morgan fingerprint density at radius 2 is 2.03 bits per heavy atom. The molecule has 2 heterocycles. The second-order valence-corrected chi connectivity index (χ2v) is 8.03. The zero-order valence-electron chi connectivity index (χ0n) is 16.1. The zero-order chi connectivity index (χ0) is 20.4. The number of carbonyl (C=O) groups is 2. The first-order chi connectivity index (χ1) is 14.1. The smallest absolute Gasteiger partial charge is 0.321 e. The van der Waals surface area contributed by atoms with Crippen LogP contribution in [-0.2, 0) is 27.3 Å². The molecule has 2 aliphatic rings. The van der Waals surface area contributed by atoms with Gasteiger partial charge in [0, 0.05) is 17.6 Å². The molecular formula is C22H22BrN3O3. The van der Waals surface area contributed by atoms with Crippen molar-refractivity contribution >= 4 is 33.8 Å². The largest absolute Gasteiger partial charge is 0.465 e. The number of ether oxygens (including phenoxy) is 1. The third-order valence-corrected chi connectivity index (χ3v) is 5.75. The minimum Gasteiger partial charge on any atom is -0.465 e. The molecule has 0 bridgehead atoms. The number of nitrogens with one attached hydrogen (secondary N) is 1. The van der Waals surface area contributed by atoms with E-state index in [9.17, 15) is 9.59 Å². The van der Waals surface area contributed by atoms with Crippen LogP contribution in [0.25, 0.3) is 0 Å². The van der Waals surface area contributed by atoms with Crippen LogP contribution in [0.1, 0.15) is 29.7 Å². The molecule has 0 fully saturated rings. The molecule has 2 aromatic carbocycles. The lowest BCUT2D eigenvalue weighted by Gasteiger charge is -2.36. The van der Waals surface area contributed by atoms with Gasteiger partial charge in [0.15, 0.2) is 5.92 Å². The highest BCUT2D eigenvalue weighted by molar-refractivity contribution is 9.10. The average Bonchev–Trinajstić information content (AvgIpc) is 2.73. The lowest BCUT2D eigenvalue weighted by molar-refractivity contribution is -0.153. The number of fused-ring (bicyclic) bond motifs is 1. The van der Waals surface area contributed by atoms with Crippen LogP contribution >= 0.6 is 15.9 Å². The van der Waals surface area contributed by atoms with Gasteiger partial charge in [0.25, 0.3) is 0 Å². The van der Waals surface area contributed by atoms with Gasteiger partial charge in [-0.05, 0) is 42.2 Å². The summed E-state index contributed by atoms with van der Waals surface area (Å²) >= 11 is 3.47. The monoisotopic (exact) mass is 455 g/mol. The highest BCUT2D eigenvalue weighted by atomic mass is 79.9. The van der Waals surface area contributed by atoms with Crippen molar-refractivity contribution in [3.63, 3.8) is 0 Å². The summed E-state index contributed by atoms with van der Waals surface area (Å²) < 4.78 is 6.03. The Labute approximate surface area is 178 Å². The fourth-order valence-electron chi connectivity index (χ4n) is 3.83. The molecule has 0 saturated heterocycles. The first-order valence-electron chi connectivity index (χ1n) is 9.69. The molecule has 2 aliphatic heterocycles. The molecule has 0 aromatic heterocycles. The van der Waals surface area contributed by atoms with Crippen molar-refractivity contribution in [1.29, 1.82) is 0 Å². The molecule has 0 unspecified atom stereocenters. The lowest BCUT2D eigenvalue weighted by atomic mass is 9.91. The molecule has 0 radical (unpaired) electrons. The predicted octanol–water partition coefficient (Wildman–Crippen LogP) is 3.21. The van der Waals surface area contributed by atoms with Gasteiger partial charge in [-0.15, -0.1) is 0 Å². The number of hydrogen-bond acceptors (Lipinski definition) is 5. The van der Waals surface area contributed by atoms with Crippen molar-refractivity contribution in [2.75, 3.05) is 13.2 Å². The molecule has 7 heteroatoms. The van der Waals surface area contributed by atoms with Gasteiger partial charge in [-0.1, -0.05) is 52.3 Å². The molecule has 6 nitrogen and oxygen atoms in total. The molecule has 0 aliphatic carbocycles.